The number of ether oxygens (including phenoxy) is 1. The van der Waals surface area contributed by atoms with Gasteiger partial charge in [0, 0.05) is 12.6 Å². The molecule has 152 valence electrons. The smallest absolute Gasteiger partial charge is 0.237 e. The summed E-state index contributed by atoms with van der Waals surface area (Å²) < 4.78 is 12.3. The summed E-state index contributed by atoms with van der Waals surface area (Å²) in [5.41, 5.74) is 2.12. The highest BCUT2D eigenvalue weighted by Crippen LogP contribution is 2.28. The van der Waals surface area contributed by atoms with E-state index in [0.717, 1.165) is 5.56 Å². The second-order valence-corrected chi connectivity index (χ2v) is 7.05. The summed E-state index contributed by atoms with van der Waals surface area (Å²) >= 11 is 1.35. The molecule has 0 radical (unpaired) electrons. The van der Waals surface area contributed by atoms with Gasteiger partial charge in [0.15, 0.2) is 0 Å². The average molecular weight is 423 g/mol. The molecule has 0 unspecified atom stereocenters. The summed E-state index contributed by atoms with van der Waals surface area (Å²) in [6.45, 7) is 1.45. The Morgan fingerprint density at radius 1 is 1.23 bits per heavy atom. The van der Waals surface area contributed by atoms with Crippen LogP contribution in [0.2, 0.25) is 0 Å². The molecule has 2 heterocycles. The molecule has 2 aromatic heterocycles. The molecule has 4 aromatic rings. The highest BCUT2D eigenvalue weighted by molar-refractivity contribution is 7.98. The largest absolute Gasteiger partial charge is 0.496 e. The molecular formula is C19H17N7O3S. The Bertz CT molecular complexity index is 1170. The zero-order valence-corrected chi connectivity index (χ0v) is 17.0. The number of hydrogen-bond donors (Lipinski definition) is 1. The molecule has 0 spiro atoms. The fraction of sp³-hybridized carbons (Fsp3) is 0.158. The number of nitrogens with one attached hydrogen (secondary N) is 1. The molecule has 10 nitrogen and oxygen atoms in total. The molecule has 1 N–H and O–H groups in total. The van der Waals surface area contributed by atoms with Crippen LogP contribution >= 0.6 is 11.8 Å². The molecule has 0 saturated heterocycles. The van der Waals surface area contributed by atoms with Crippen molar-refractivity contribution >= 4 is 23.4 Å². The van der Waals surface area contributed by atoms with E-state index in [1.54, 1.807) is 23.9 Å². The highest BCUT2D eigenvalue weighted by atomic mass is 32.2. The first-order valence-electron chi connectivity index (χ1n) is 8.89. The number of carbonyl (C=O) groups is 1. The van der Waals surface area contributed by atoms with Crippen LogP contribution in [0.1, 0.15) is 12.8 Å². The first kappa shape index (κ1) is 19.6. The number of benzene rings is 2. The Labute approximate surface area is 175 Å². The number of hydrogen-bond acceptors (Lipinski definition) is 9. The second-order valence-electron chi connectivity index (χ2n) is 6.11. The number of aromatic nitrogens is 6. The first-order chi connectivity index (χ1) is 14.6. The fourth-order valence-electron chi connectivity index (χ4n) is 2.73. The molecule has 0 aliphatic carbocycles. The molecule has 0 aliphatic rings. The van der Waals surface area contributed by atoms with Gasteiger partial charge in [0.25, 0.3) is 0 Å². The molecule has 2 aromatic carbocycles. The minimum absolute atomic E-state index is 0.152. The van der Waals surface area contributed by atoms with Crippen LogP contribution in [-0.4, -0.2) is 43.4 Å². The van der Waals surface area contributed by atoms with E-state index in [4.69, 9.17) is 9.26 Å². The lowest BCUT2D eigenvalue weighted by molar-refractivity contribution is -0.114. The van der Waals surface area contributed by atoms with Crippen molar-refractivity contribution in [3.05, 3.63) is 54.4 Å². The maximum Gasteiger partial charge on any atom is 0.237 e. The number of para-hydroxylation sites is 1. The van der Waals surface area contributed by atoms with E-state index in [9.17, 15) is 4.79 Å². The van der Waals surface area contributed by atoms with E-state index >= 15 is 0 Å². The Hall–Kier alpha value is -3.73. The molecule has 0 aliphatic heterocycles. The Kier molecular flexibility index (Phi) is 5.70. The topological polar surface area (TPSA) is 121 Å². The number of carbonyl (C=O) groups excluding carboxylic acids is 1. The summed E-state index contributed by atoms with van der Waals surface area (Å²) in [6.07, 6.45) is 0. The molecule has 0 atom stereocenters. The molecule has 4 rings (SSSR count). The van der Waals surface area contributed by atoms with Crippen LogP contribution in [0.25, 0.3) is 17.1 Å². The van der Waals surface area contributed by atoms with Gasteiger partial charge in [-0.1, -0.05) is 35.1 Å². The number of rotatable bonds is 7. The van der Waals surface area contributed by atoms with E-state index in [1.165, 1.54) is 18.7 Å². The van der Waals surface area contributed by atoms with Crippen molar-refractivity contribution in [2.75, 3.05) is 12.4 Å². The molecule has 1 amide bonds. The van der Waals surface area contributed by atoms with Gasteiger partial charge in [-0.05, 0) is 40.8 Å². The molecule has 30 heavy (non-hydrogen) atoms. The third kappa shape index (κ3) is 4.30. The third-order valence-corrected chi connectivity index (χ3v) is 4.90. The van der Waals surface area contributed by atoms with Crippen LogP contribution < -0.4 is 10.1 Å². The van der Waals surface area contributed by atoms with E-state index < -0.39 is 0 Å². The lowest BCUT2D eigenvalue weighted by Crippen LogP contribution is -2.07. The van der Waals surface area contributed by atoms with E-state index in [-0.39, 0.29) is 5.91 Å². The summed E-state index contributed by atoms with van der Waals surface area (Å²) in [5.74, 6) is 1.78. The van der Waals surface area contributed by atoms with Crippen molar-refractivity contribution in [3.8, 4) is 22.8 Å². The van der Waals surface area contributed by atoms with Gasteiger partial charge in [-0.15, -0.1) is 5.10 Å². The predicted molar refractivity (Wildman–Crippen MR) is 109 cm³/mol. The summed E-state index contributed by atoms with van der Waals surface area (Å²) in [4.78, 5) is 15.7. The lowest BCUT2D eigenvalue weighted by Gasteiger charge is -2.06. The zero-order chi connectivity index (χ0) is 20.9. The molecule has 0 fully saturated rings. The van der Waals surface area contributed by atoms with Gasteiger partial charge < -0.3 is 14.6 Å². The monoisotopic (exact) mass is 423 g/mol. The van der Waals surface area contributed by atoms with Gasteiger partial charge in [-0.2, -0.15) is 9.67 Å². The Morgan fingerprint density at radius 2 is 2.10 bits per heavy atom. The van der Waals surface area contributed by atoms with E-state index in [0.29, 0.717) is 39.7 Å². The number of anilines is 1. The molecule has 0 saturated carbocycles. The Balaban J connectivity index is 1.50. The van der Waals surface area contributed by atoms with Crippen LogP contribution in [0.15, 0.2) is 58.2 Å². The van der Waals surface area contributed by atoms with Crippen molar-refractivity contribution in [3.63, 3.8) is 0 Å². The summed E-state index contributed by atoms with van der Waals surface area (Å²) in [6, 6.07) is 14.7. The Morgan fingerprint density at radius 3 is 2.93 bits per heavy atom. The van der Waals surface area contributed by atoms with Gasteiger partial charge in [-0.25, -0.2) is 0 Å². The highest BCUT2D eigenvalue weighted by Gasteiger charge is 2.15. The summed E-state index contributed by atoms with van der Waals surface area (Å²) in [5, 5.41) is 19.2. The predicted octanol–water partition coefficient (Wildman–Crippen LogP) is 2.97. The first-order valence-corrected chi connectivity index (χ1v) is 9.88. The van der Waals surface area contributed by atoms with Crippen LogP contribution in [0, 0.1) is 0 Å². The lowest BCUT2D eigenvalue weighted by atomic mass is 10.2. The minimum atomic E-state index is -0.152. The van der Waals surface area contributed by atoms with Gasteiger partial charge >= 0.3 is 0 Å². The second kappa shape index (κ2) is 8.74. The maximum absolute atomic E-state index is 11.3. The minimum Gasteiger partial charge on any atom is -0.496 e. The SMILES string of the molecule is COc1ccccc1-c1noc(CSc2nnnn2-c2cccc(NC(C)=O)c2)n1. The quantitative estimate of drug-likeness (QED) is 0.447. The molecular weight excluding hydrogens is 406 g/mol. The van der Waals surface area contributed by atoms with Crippen molar-refractivity contribution in [1.82, 2.24) is 30.3 Å². The maximum atomic E-state index is 11.3. The van der Waals surface area contributed by atoms with Crippen molar-refractivity contribution in [2.24, 2.45) is 0 Å². The van der Waals surface area contributed by atoms with Gasteiger partial charge in [0.05, 0.1) is 24.1 Å². The van der Waals surface area contributed by atoms with Gasteiger partial charge in [0.1, 0.15) is 5.75 Å². The van der Waals surface area contributed by atoms with Crippen molar-refractivity contribution < 1.29 is 14.1 Å². The van der Waals surface area contributed by atoms with Crippen molar-refractivity contribution in [2.45, 2.75) is 17.8 Å². The number of amides is 1. The number of thioether (sulfide) groups is 1. The molecule has 0 bridgehead atoms. The number of nitrogens with zero attached hydrogens (tertiary/aromatic N) is 6. The zero-order valence-electron chi connectivity index (χ0n) is 16.1. The summed E-state index contributed by atoms with van der Waals surface area (Å²) in [7, 11) is 1.59. The van der Waals surface area contributed by atoms with Crippen LogP contribution in [-0.2, 0) is 10.5 Å². The standard InChI is InChI=1S/C19H17N7O3S/c1-12(27)20-13-6-5-7-14(10-13)26-19(22-24-25-26)30-11-17-21-18(23-29-17)15-8-3-4-9-16(15)28-2/h3-10H,11H2,1-2H3,(H,20,27). The third-order valence-electron chi connectivity index (χ3n) is 3.99. The number of methoxy groups -OCH3 is 1. The fourth-order valence-corrected chi connectivity index (χ4v) is 3.46. The normalized spacial score (nSPS) is 10.7. The van der Waals surface area contributed by atoms with E-state index in [1.807, 2.05) is 36.4 Å². The average Bonchev–Trinajstić information content (AvgIpc) is 3.41. The van der Waals surface area contributed by atoms with Crippen LogP contribution in [0.5, 0.6) is 5.75 Å². The molecule has 11 heteroatoms. The van der Waals surface area contributed by atoms with Gasteiger partial charge in [-0.3, -0.25) is 4.79 Å². The van der Waals surface area contributed by atoms with Crippen LogP contribution in [0.3, 0.4) is 0 Å². The number of tetrazole rings is 1. The van der Waals surface area contributed by atoms with Crippen molar-refractivity contribution in [1.29, 1.82) is 0 Å². The van der Waals surface area contributed by atoms with E-state index in [2.05, 4.69) is 31.0 Å². The van der Waals surface area contributed by atoms with Gasteiger partial charge in [0.2, 0.25) is 22.8 Å². The van der Waals surface area contributed by atoms with Crippen LogP contribution in [0.4, 0.5) is 5.69 Å².